The number of rotatable bonds is 6. The van der Waals surface area contributed by atoms with Crippen LogP contribution in [0.5, 0.6) is 0 Å². The largest absolute Gasteiger partial charge is 0.341 e. The van der Waals surface area contributed by atoms with E-state index in [-0.39, 0.29) is 5.41 Å². The molecule has 0 unspecified atom stereocenters. The zero-order chi connectivity index (χ0) is 12.7. The molecular weight excluding hydrogens is 212 g/mol. The van der Waals surface area contributed by atoms with Crippen LogP contribution < -0.4 is 5.73 Å². The molecule has 3 heteroatoms. The Morgan fingerprint density at radius 2 is 1.88 bits per heavy atom. The summed E-state index contributed by atoms with van der Waals surface area (Å²) in [5.41, 5.74) is 5.51. The molecule has 0 aromatic rings. The second-order valence-corrected chi connectivity index (χ2v) is 5.56. The van der Waals surface area contributed by atoms with Gasteiger partial charge in [-0.1, -0.05) is 39.5 Å². The molecule has 0 bridgehead atoms. The van der Waals surface area contributed by atoms with Crippen molar-refractivity contribution in [1.29, 1.82) is 0 Å². The number of hydrogen-bond donors (Lipinski definition) is 1. The summed E-state index contributed by atoms with van der Waals surface area (Å²) >= 11 is 0. The Balaban J connectivity index is 2.61. The molecule has 0 aliphatic heterocycles. The molecule has 1 aliphatic carbocycles. The third-order valence-corrected chi connectivity index (χ3v) is 3.94. The van der Waals surface area contributed by atoms with Gasteiger partial charge in [-0.3, -0.25) is 4.79 Å². The lowest BCUT2D eigenvalue weighted by Gasteiger charge is -2.37. The fourth-order valence-electron chi connectivity index (χ4n) is 2.75. The fraction of sp³-hybridized carbons (Fsp3) is 0.929. The second-order valence-electron chi connectivity index (χ2n) is 5.56. The minimum atomic E-state index is -0.110. The molecule has 1 aliphatic rings. The van der Waals surface area contributed by atoms with Gasteiger partial charge in [-0.15, -0.1) is 0 Å². The molecule has 100 valence electrons. The summed E-state index contributed by atoms with van der Waals surface area (Å²) in [7, 11) is 0. The molecule has 0 spiro atoms. The van der Waals surface area contributed by atoms with E-state index in [1.807, 2.05) is 4.90 Å². The number of hydrogen-bond acceptors (Lipinski definition) is 2. The van der Waals surface area contributed by atoms with Crippen LogP contribution in [0.1, 0.15) is 58.8 Å². The summed E-state index contributed by atoms with van der Waals surface area (Å²) in [6.45, 7) is 6.47. The zero-order valence-electron chi connectivity index (χ0n) is 11.5. The van der Waals surface area contributed by atoms with E-state index in [1.165, 1.54) is 19.3 Å². The molecule has 17 heavy (non-hydrogen) atoms. The van der Waals surface area contributed by atoms with Gasteiger partial charge in [0.05, 0.1) is 0 Å². The van der Waals surface area contributed by atoms with Crippen LogP contribution in [0.25, 0.3) is 0 Å². The van der Waals surface area contributed by atoms with E-state index < -0.39 is 0 Å². The molecule has 1 saturated carbocycles. The Labute approximate surface area is 106 Å². The maximum atomic E-state index is 12.6. The Morgan fingerprint density at radius 1 is 1.24 bits per heavy atom. The molecule has 0 aromatic heterocycles. The minimum Gasteiger partial charge on any atom is -0.341 e. The third-order valence-electron chi connectivity index (χ3n) is 3.94. The van der Waals surface area contributed by atoms with Crippen molar-refractivity contribution in [2.45, 2.75) is 58.8 Å². The van der Waals surface area contributed by atoms with Gasteiger partial charge in [-0.25, -0.2) is 0 Å². The average Bonchev–Trinajstić information content (AvgIpc) is 2.34. The summed E-state index contributed by atoms with van der Waals surface area (Å²) in [5, 5.41) is 0. The highest BCUT2D eigenvalue weighted by atomic mass is 16.2. The standard InChI is InChI=1S/C14H28N2O/c1-3-4-11-16(12-10-15)13(17)14(2)8-6-5-7-9-14/h3-12,15H2,1-2H3. The van der Waals surface area contributed by atoms with Crippen molar-refractivity contribution < 1.29 is 4.79 Å². The molecule has 1 amide bonds. The number of amides is 1. The van der Waals surface area contributed by atoms with Crippen molar-refractivity contribution >= 4 is 5.91 Å². The van der Waals surface area contributed by atoms with Gasteiger partial charge in [0, 0.05) is 25.0 Å². The highest BCUT2D eigenvalue weighted by Crippen LogP contribution is 2.37. The van der Waals surface area contributed by atoms with Gasteiger partial charge < -0.3 is 10.6 Å². The molecule has 0 aromatic carbocycles. The molecule has 1 rings (SSSR count). The Kier molecular flexibility index (Phi) is 5.96. The molecule has 0 heterocycles. The first-order valence-electron chi connectivity index (χ1n) is 7.13. The molecule has 3 nitrogen and oxygen atoms in total. The maximum Gasteiger partial charge on any atom is 0.228 e. The van der Waals surface area contributed by atoms with Crippen LogP contribution in [-0.4, -0.2) is 30.4 Å². The van der Waals surface area contributed by atoms with Crippen LogP contribution in [0.3, 0.4) is 0 Å². The van der Waals surface area contributed by atoms with E-state index in [0.717, 1.165) is 32.2 Å². The number of nitrogens with two attached hydrogens (primary N) is 1. The van der Waals surface area contributed by atoms with E-state index in [4.69, 9.17) is 5.73 Å². The fourth-order valence-corrected chi connectivity index (χ4v) is 2.75. The molecule has 0 saturated heterocycles. The van der Waals surface area contributed by atoms with Crippen LogP contribution in [0.15, 0.2) is 0 Å². The first-order valence-corrected chi connectivity index (χ1v) is 7.13. The first-order chi connectivity index (χ1) is 8.14. The number of nitrogens with zero attached hydrogens (tertiary/aromatic N) is 1. The van der Waals surface area contributed by atoms with E-state index in [1.54, 1.807) is 0 Å². The Hall–Kier alpha value is -0.570. The van der Waals surface area contributed by atoms with Crippen LogP contribution in [0, 0.1) is 5.41 Å². The number of unbranched alkanes of at least 4 members (excludes halogenated alkanes) is 1. The Bertz CT molecular complexity index is 234. The summed E-state index contributed by atoms with van der Waals surface area (Å²) in [6.07, 6.45) is 8.01. The molecule has 0 radical (unpaired) electrons. The zero-order valence-corrected chi connectivity index (χ0v) is 11.5. The van der Waals surface area contributed by atoms with Gasteiger partial charge in [-0.05, 0) is 19.3 Å². The lowest BCUT2D eigenvalue weighted by molar-refractivity contribution is -0.143. The highest BCUT2D eigenvalue weighted by Gasteiger charge is 2.37. The van der Waals surface area contributed by atoms with E-state index in [2.05, 4.69) is 13.8 Å². The predicted molar refractivity (Wildman–Crippen MR) is 71.7 cm³/mol. The quantitative estimate of drug-likeness (QED) is 0.775. The summed E-state index contributed by atoms with van der Waals surface area (Å²) in [5.74, 6) is 0.344. The summed E-state index contributed by atoms with van der Waals surface area (Å²) < 4.78 is 0. The summed E-state index contributed by atoms with van der Waals surface area (Å²) in [4.78, 5) is 14.6. The average molecular weight is 240 g/mol. The third kappa shape index (κ3) is 3.98. The topological polar surface area (TPSA) is 46.3 Å². The number of carbonyl (C=O) groups excluding carboxylic acids is 1. The lowest BCUT2D eigenvalue weighted by Crippen LogP contribution is -2.45. The lowest BCUT2D eigenvalue weighted by atomic mass is 9.74. The monoisotopic (exact) mass is 240 g/mol. The molecular formula is C14H28N2O. The van der Waals surface area contributed by atoms with Gasteiger partial charge in [0.2, 0.25) is 5.91 Å². The second kappa shape index (κ2) is 7.00. The normalized spacial score (nSPS) is 19.0. The summed E-state index contributed by atoms with van der Waals surface area (Å²) in [6, 6.07) is 0. The first kappa shape index (κ1) is 14.5. The predicted octanol–water partition coefficient (Wildman–Crippen LogP) is 2.54. The van der Waals surface area contributed by atoms with Crippen LogP contribution in [-0.2, 0) is 4.79 Å². The highest BCUT2D eigenvalue weighted by molar-refractivity contribution is 5.82. The minimum absolute atomic E-state index is 0.110. The van der Waals surface area contributed by atoms with Gasteiger partial charge in [0.1, 0.15) is 0 Å². The number of carbonyl (C=O) groups is 1. The van der Waals surface area contributed by atoms with Crippen molar-refractivity contribution in [2.24, 2.45) is 11.1 Å². The SMILES string of the molecule is CCCCN(CCN)C(=O)C1(C)CCCCC1. The van der Waals surface area contributed by atoms with Crippen molar-refractivity contribution in [3.05, 3.63) is 0 Å². The maximum absolute atomic E-state index is 12.6. The molecule has 1 fully saturated rings. The van der Waals surface area contributed by atoms with Gasteiger partial charge in [0.25, 0.3) is 0 Å². The molecule has 0 atom stereocenters. The van der Waals surface area contributed by atoms with Gasteiger partial charge in [-0.2, -0.15) is 0 Å². The van der Waals surface area contributed by atoms with Crippen molar-refractivity contribution in [3.63, 3.8) is 0 Å². The van der Waals surface area contributed by atoms with E-state index in [9.17, 15) is 4.79 Å². The Morgan fingerprint density at radius 3 is 2.41 bits per heavy atom. The van der Waals surface area contributed by atoms with Crippen LogP contribution in [0.2, 0.25) is 0 Å². The van der Waals surface area contributed by atoms with Crippen molar-refractivity contribution in [2.75, 3.05) is 19.6 Å². The van der Waals surface area contributed by atoms with Crippen LogP contribution in [0.4, 0.5) is 0 Å². The van der Waals surface area contributed by atoms with Crippen molar-refractivity contribution in [3.8, 4) is 0 Å². The van der Waals surface area contributed by atoms with Crippen LogP contribution >= 0.6 is 0 Å². The van der Waals surface area contributed by atoms with Gasteiger partial charge in [0.15, 0.2) is 0 Å². The smallest absolute Gasteiger partial charge is 0.228 e. The molecule has 2 N–H and O–H groups in total. The van der Waals surface area contributed by atoms with Crippen molar-refractivity contribution in [1.82, 2.24) is 4.90 Å². The van der Waals surface area contributed by atoms with E-state index in [0.29, 0.717) is 19.0 Å². The van der Waals surface area contributed by atoms with E-state index >= 15 is 0 Å². The van der Waals surface area contributed by atoms with Gasteiger partial charge >= 0.3 is 0 Å².